The van der Waals surface area contributed by atoms with Crippen LogP contribution in [0.15, 0.2) is 42.5 Å². The van der Waals surface area contributed by atoms with Gasteiger partial charge in [0.1, 0.15) is 5.75 Å². The Morgan fingerprint density at radius 1 is 1.13 bits per heavy atom. The van der Waals surface area contributed by atoms with Crippen LogP contribution in [0.2, 0.25) is 10.0 Å². The average Bonchev–Trinajstić information content (AvgIpc) is 2.50. The molecule has 3 N–H and O–H groups in total. The smallest absolute Gasteiger partial charge is 0.265 e. The van der Waals surface area contributed by atoms with Gasteiger partial charge in [-0.3, -0.25) is 9.59 Å². The highest BCUT2D eigenvalue weighted by Crippen LogP contribution is 2.29. The van der Waals surface area contributed by atoms with Crippen LogP contribution in [0.3, 0.4) is 0 Å². The van der Waals surface area contributed by atoms with Crippen LogP contribution in [-0.2, 0) is 4.79 Å². The summed E-state index contributed by atoms with van der Waals surface area (Å²) in [4.78, 5) is 23.5. The van der Waals surface area contributed by atoms with Crippen LogP contribution in [0.4, 0.5) is 5.69 Å². The van der Waals surface area contributed by atoms with E-state index in [-0.39, 0.29) is 21.3 Å². The average molecular weight is 353 g/mol. The molecule has 2 aromatic rings. The Morgan fingerprint density at radius 2 is 1.78 bits per heavy atom. The third-order valence-corrected chi connectivity index (χ3v) is 3.63. The van der Waals surface area contributed by atoms with E-state index in [9.17, 15) is 9.59 Å². The molecule has 23 heavy (non-hydrogen) atoms. The first-order valence-electron chi connectivity index (χ1n) is 6.70. The number of nitrogens with one attached hydrogen (secondary N) is 1. The fourth-order valence-electron chi connectivity index (χ4n) is 1.82. The van der Waals surface area contributed by atoms with E-state index in [0.717, 1.165) is 0 Å². The zero-order chi connectivity index (χ0) is 17.0. The SMILES string of the molecule is C[C@H](Oc1ccccc1)C(=O)Nc1cc(C(N)=O)c(Cl)cc1Cl. The number of primary amides is 1. The molecular formula is C16H14Cl2N2O3. The lowest BCUT2D eigenvalue weighted by Gasteiger charge is -2.16. The fourth-order valence-corrected chi connectivity index (χ4v) is 2.35. The number of para-hydroxylation sites is 1. The molecule has 2 aromatic carbocycles. The van der Waals surface area contributed by atoms with Crippen molar-refractivity contribution in [3.63, 3.8) is 0 Å². The predicted octanol–water partition coefficient (Wildman–Crippen LogP) is 3.50. The summed E-state index contributed by atoms with van der Waals surface area (Å²) in [6.45, 7) is 1.60. The van der Waals surface area contributed by atoms with Gasteiger partial charge in [0.25, 0.3) is 5.91 Å². The van der Waals surface area contributed by atoms with Gasteiger partial charge in [-0.05, 0) is 31.2 Å². The maximum atomic E-state index is 12.2. The van der Waals surface area contributed by atoms with Crippen LogP contribution in [0.25, 0.3) is 0 Å². The Hall–Kier alpha value is -2.24. The van der Waals surface area contributed by atoms with Crippen molar-refractivity contribution >= 4 is 40.7 Å². The molecule has 0 spiro atoms. The molecule has 0 aliphatic heterocycles. The quantitative estimate of drug-likeness (QED) is 0.863. The van der Waals surface area contributed by atoms with Crippen molar-refractivity contribution in [1.29, 1.82) is 0 Å². The maximum absolute atomic E-state index is 12.2. The monoisotopic (exact) mass is 352 g/mol. The first-order chi connectivity index (χ1) is 10.9. The van der Waals surface area contributed by atoms with Crippen molar-refractivity contribution in [2.75, 3.05) is 5.32 Å². The van der Waals surface area contributed by atoms with Crippen LogP contribution in [0, 0.1) is 0 Å². The van der Waals surface area contributed by atoms with Crippen molar-refractivity contribution in [1.82, 2.24) is 0 Å². The largest absolute Gasteiger partial charge is 0.481 e. The van der Waals surface area contributed by atoms with Gasteiger partial charge in [0.2, 0.25) is 5.91 Å². The molecule has 0 saturated carbocycles. The number of carbonyl (C=O) groups is 2. The minimum absolute atomic E-state index is 0.0722. The molecule has 120 valence electrons. The highest BCUT2D eigenvalue weighted by atomic mass is 35.5. The van der Waals surface area contributed by atoms with E-state index >= 15 is 0 Å². The number of nitrogens with two attached hydrogens (primary N) is 1. The molecule has 0 aliphatic rings. The van der Waals surface area contributed by atoms with Gasteiger partial charge in [-0.25, -0.2) is 0 Å². The van der Waals surface area contributed by atoms with Crippen LogP contribution in [0.1, 0.15) is 17.3 Å². The number of halogens is 2. The molecule has 1 atom stereocenters. The third-order valence-electron chi connectivity index (χ3n) is 3.01. The molecular weight excluding hydrogens is 339 g/mol. The summed E-state index contributed by atoms with van der Waals surface area (Å²) in [7, 11) is 0. The van der Waals surface area contributed by atoms with E-state index in [1.807, 2.05) is 6.07 Å². The molecule has 0 radical (unpaired) electrons. The Morgan fingerprint density at radius 3 is 2.39 bits per heavy atom. The summed E-state index contributed by atoms with van der Waals surface area (Å²) in [6, 6.07) is 11.6. The lowest BCUT2D eigenvalue weighted by atomic mass is 10.2. The van der Waals surface area contributed by atoms with E-state index in [1.165, 1.54) is 12.1 Å². The summed E-state index contributed by atoms with van der Waals surface area (Å²) >= 11 is 11.9. The minimum Gasteiger partial charge on any atom is -0.481 e. The number of rotatable bonds is 5. The van der Waals surface area contributed by atoms with Gasteiger partial charge in [0, 0.05) is 0 Å². The summed E-state index contributed by atoms with van der Waals surface area (Å²) < 4.78 is 5.52. The fraction of sp³-hybridized carbons (Fsp3) is 0.125. The maximum Gasteiger partial charge on any atom is 0.265 e. The number of amides is 2. The standard InChI is InChI=1S/C16H14Cl2N2O3/c1-9(23-10-5-3-2-4-6-10)16(22)20-14-7-11(15(19)21)12(17)8-13(14)18/h2-9H,1H3,(H2,19,21)(H,20,22)/t9-/m0/s1. The molecule has 0 aromatic heterocycles. The number of ether oxygens (including phenoxy) is 1. The van der Waals surface area contributed by atoms with Gasteiger partial charge in [0.15, 0.2) is 6.10 Å². The minimum atomic E-state index is -0.763. The zero-order valence-electron chi connectivity index (χ0n) is 12.2. The lowest BCUT2D eigenvalue weighted by molar-refractivity contribution is -0.122. The molecule has 7 heteroatoms. The van der Waals surface area contributed by atoms with Crippen LogP contribution in [0.5, 0.6) is 5.75 Å². The number of hydrogen-bond donors (Lipinski definition) is 2. The summed E-state index contributed by atoms with van der Waals surface area (Å²) in [5, 5.41) is 2.90. The molecule has 5 nitrogen and oxygen atoms in total. The first-order valence-corrected chi connectivity index (χ1v) is 7.45. The van der Waals surface area contributed by atoms with Gasteiger partial charge in [-0.15, -0.1) is 0 Å². The summed E-state index contributed by atoms with van der Waals surface area (Å²) in [6.07, 6.45) is -0.763. The Balaban J connectivity index is 2.13. The van der Waals surface area contributed by atoms with Crippen molar-refractivity contribution < 1.29 is 14.3 Å². The number of carbonyl (C=O) groups excluding carboxylic acids is 2. The van der Waals surface area contributed by atoms with Crippen molar-refractivity contribution in [3.8, 4) is 5.75 Å². The second-order valence-corrected chi connectivity index (χ2v) is 5.55. The Bertz CT molecular complexity index is 736. The molecule has 2 amide bonds. The third kappa shape index (κ3) is 4.37. The second kappa shape index (κ2) is 7.35. The topological polar surface area (TPSA) is 81.4 Å². The number of benzene rings is 2. The van der Waals surface area contributed by atoms with Crippen LogP contribution >= 0.6 is 23.2 Å². The van der Waals surface area contributed by atoms with Crippen LogP contribution in [-0.4, -0.2) is 17.9 Å². The Labute approximate surface area is 143 Å². The van der Waals surface area contributed by atoms with E-state index in [1.54, 1.807) is 31.2 Å². The molecule has 0 saturated heterocycles. The first kappa shape index (κ1) is 17.1. The van der Waals surface area contributed by atoms with Crippen molar-refractivity contribution in [2.24, 2.45) is 5.73 Å². The van der Waals surface area contributed by atoms with Crippen molar-refractivity contribution in [2.45, 2.75) is 13.0 Å². The van der Waals surface area contributed by atoms with E-state index in [4.69, 9.17) is 33.7 Å². The lowest BCUT2D eigenvalue weighted by Crippen LogP contribution is -2.30. The van der Waals surface area contributed by atoms with Gasteiger partial charge in [-0.2, -0.15) is 0 Å². The van der Waals surface area contributed by atoms with Gasteiger partial charge in [0.05, 0.1) is 21.3 Å². The van der Waals surface area contributed by atoms with Crippen LogP contribution < -0.4 is 15.8 Å². The highest BCUT2D eigenvalue weighted by Gasteiger charge is 2.18. The van der Waals surface area contributed by atoms with Gasteiger partial charge >= 0.3 is 0 Å². The zero-order valence-corrected chi connectivity index (χ0v) is 13.7. The molecule has 2 rings (SSSR count). The number of hydrogen-bond acceptors (Lipinski definition) is 3. The highest BCUT2D eigenvalue weighted by molar-refractivity contribution is 6.38. The van der Waals surface area contributed by atoms with E-state index < -0.39 is 17.9 Å². The van der Waals surface area contributed by atoms with E-state index in [0.29, 0.717) is 5.75 Å². The normalized spacial score (nSPS) is 11.6. The molecule has 0 aliphatic carbocycles. The van der Waals surface area contributed by atoms with Gasteiger partial charge in [-0.1, -0.05) is 41.4 Å². The summed E-state index contributed by atoms with van der Waals surface area (Å²) in [5.41, 5.74) is 5.53. The second-order valence-electron chi connectivity index (χ2n) is 4.74. The Kier molecular flexibility index (Phi) is 5.47. The van der Waals surface area contributed by atoms with Crippen molar-refractivity contribution in [3.05, 3.63) is 58.1 Å². The summed E-state index contributed by atoms with van der Waals surface area (Å²) in [5.74, 6) is -0.570. The molecule has 0 heterocycles. The molecule has 0 bridgehead atoms. The number of anilines is 1. The van der Waals surface area contributed by atoms with E-state index in [2.05, 4.69) is 5.32 Å². The molecule has 0 fully saturated rings. The molecule has 0 unspecified atom stereocenters. The predicted molar refractivity (Wildman–Crippen MR) is 90.1 cm³/mol. The van der Waals surface area contributed by atoms with Gasteiger partial charge < -0.3 is 15.8 Å².